The monoisotopic (exact) mass is 276 g/mol. The molecule has 1 aromatic rings. The van der Waals surface area contributed by atoms with Gasteiger partial charge < -0.3 is 14.9 Å². The van der Waals surface area contributed by atoms with Gasteiger partial charge in [0, 0.05) is 17.5 Å². The summed E-state index contributed by atoms with van der Waals surface area (Å²) in [5, 5.41) is 20.3. The first kappa shape index (κ1) is 13.3. The first-order chi connectivity index (χ1) is 9.56. The molecule has 1 fully saturated rings. The minimum atomic E-state index is -0.938. The number of phenolic OH excluding ortho intramolecular Hbond substituents is 1. The average Bonchev–Trinajstić information content (AvgIpc) is 2.88. The van der Waals surface area contributed by atoms with Gasteiger partial charge in [-0.3, -0.25) is 4.79 Å². The number of hydrogen-bond donors (Lipinski definition) is 2. The first-order valence-corrected chi connectivity index (χ1v) is 7.28. The smallest absolute Gasteiger partial charge is 0.314 e. The van der Waals surface area contributed by atoms with Gasteiger partial charge in [0.1, 0.15) is 11.5 Å². The summed E-state index contributed by atoms with van der Waals surface area (Å²) < 4.78 is 5.59. The summed E-state index contributed by atoms with van der Waals surface area (Å²) in [4.78, 5) is 12.0. The van der Waals surface area contributed by atoms with Gasteiger partial charge in [-0.1, -0.05) is 19.3 Å². The number of carbonyl (C=O) groups is 1. The maximum absolute atomic E-state index is 12.0. The van der Waals surface area contributed by atoms with Crippen molar-refractivity contribution in [3.63, 3.8) is 0 Å². The maximum Gasteiger partial charge on any atom is 0.314 e. The first-order valence-electron chi connectivity index (χ1n) is 7.28. The highest BCUT2D eigenvalue weighted by molar-refractivity contribution is 5.84. The van der Waals surface area contributed by atoms with E-state index in [0.717, 1.165) is 30.6 Å². The molecule has 1 saturated carbocycles. The Morgan fingerprint density at radius 1 is 1.30 bits per heavy atom. The van der Waals surface area contributed by atoms with Crippen LogP contribution in [0.2, 0.25) is 0 Å². The molecule has 0 atom stereocenters. The Labute approximate surface area is 118 Å². The van der Waals surface area contributed by atoms with Crippen LogP contribution in [0.4, 0.5) is 0 Å². The molecule has 108 valence electrons. The summed E-state index contributed by atoms with van der Waals surface area (Å²) in [6.45, 7) is 2.38. The van der Waals surface area contributed by atoms with E-state index in [1.54, 1.807) is 6.92 Å². The van der Waals surface area contributed by atoms with Gasteiger partial charge in [-0.2, -0.15) is 0 Å². The van der Waals surface area contributed by atoms with E-state index in [4.69, 9.17) is 4.74 Å². The normalized spacial score (nSPS) is 20.2. The zero-order chi connectivity index (χ0) is 14.3. The average molecular weight is 276 g/mol. The molecular weight excluding hydrogens is 256 g/mol. The summed E-state index contributed by atoms with van der Waals surface area (Å²) in [5.41, 5.74) is 1.29. The van der Waals surface area contributed by atoms with Gasteiger partial charge in [-0.05, 0) is 31.4 Å². The maximum atomic E-state index is 12.0. The van der Waals surface area contributed by atoms with Crippen molar-refractivity contribution >= 4 is 5.97 Å². The van der Waals surface area contributed by atoms with Gasteiger partial charge in [0.25, 0.3) is 0 Å². The molecule has 4 heteroatoms. The Balaban J connectivity index is 2.24. The molecule has 0 amide bonds. The molecule has 0 spiro atoms. The third-order valence-corrected chi connectivity index (χ3v) is 4.76. The van der Waals surface area contributed by atoms with E-state index in [9.17, 15) is 15.0 Å². The van der Waals surface area contributed by atoms with Crippen molar-refractivity contribution in [3.05, 3.63) is 22.8 Å². The van der Waals surface area contributed by atoms with Crippen molar-refractivity contribution in [2.24, 2.45) is 0 Å². The number of ether oxygens (including phenoxy) is 1. The number of aryl methyl sites for hydroxylation is 1. The summed E-state index contributed by atoms with van der Waals surface area (Å²) in [5.74, 6) is 0.0900. The van der Waals surface area contributed by atoms with Crippen LogP contribution >= 0.6 is 0 Å². The second-order valence-electron chi connectivity index (χ2n) is 5.94. The molecule has 3 rings (SSSR count). The number of carboxylic acid groups (broad SMARTS) is 1. The van der Waals surface area contributed by atoms with E-state index >= 15 is 0 Å². The van der Waals surface area contributed by atoms with Crippen molar-refractivity contribution in [2.45, 2.75) is 50.9 Å². The van der Waals surface area contributed by atoms with Crippen molar-refractivity contribution in [1.82, 2.24) is 0 Å². The fraction of sp³-hybridized carbons (Fsp3) is 0.562. The van der Waals surface area contributed by atoms with Crippen LogP contribution in [-0.4, -0.2) is 22.8 Å². The molecule has 0 radical (unpaired) electrons. The quantitative estimate of drug-likeness (QED) is 0.871. The Morgan fingerprint density at radius 2 is 2.00 bits per heavy atom. The number of phenols is 1. The lowest BCUT2D eigenvalue weighted by Crippen LogP contribution is -2.38. The number of carboxylic acids is 1. The number of hydrogen-bond acceptors (Lipinski definition) is 3. The van der Waals surface area contributed by atoms with Crippen molar-refractivity contribution in [1.29, 1.82) is 0 Å². The third kappa shape index (κ3) is 1.78. The SMILES string of the molecule is Cc1cc2c(c(C3(C(=O)O)CCCCC3)c1O)CCO2. The largest absolute Gasteiger partial charge is 0.507 e. The molecular formula is C16H20O4. The zero-order valence-electron chi connectivity index (χ0n) is 11.7. The molecule has 1 aromatic carbocycles. The predicted molar refractivity (Wildman–Crippen MR) is 74.4 cm³/mol. The van der Waals surface area contributed by atoms with E-state index < -0.39 is 11.4 Å². The highest BCUT2D eigenvalue weighted by Crippen LogP contribution is 2.49. The Hall–Kier alpha value is -1.71. The lowest BCUT2D eigenvalue weighted by Gasteiger charge is -2.35. The summed E-state index contributed by atoms with van der Waals surface area (Å²) >= 11 is 0. The van der Waals surface area contributed by atoms with Gasteiger partial charge in [0.2, 0.25) is 0 Å². The molecule has 1 aliphatic heterocycles. The summed E-state index contributed by atoms with van der Waals surface area (Å²) in [6, 6.07) is 1.82. The van der Waals surface area contributed by atoms with E-state index in [1.807, 2.05) is 6.07 Å². The second kappa shape index (κ2) is 4.69. The van der Waals surface area contributed by atoms with Crippen LogP contribution in [0.25, 0.3) is 0 Å². The van der Waals surface area contributed by atoms with Crippen LogP contribution in [0.15, 0.2) is 6.07 Å². The number of fused-ring (bicyclic) bond motifs is 1. The van der Waals surface area contributed by atoms with Gasteiger partial charge in [-0.25, -0.2) is 0 Å². The zero-order valence-corrected chi connectivity index (χ0v) is 11.7. The fourth-order valence-corrected chi connectivity index (χ4v) is 3.70. The van der Waals surface area contributed by atoms with Crippen LogP contribution in [0.5, 0.6) is 11.5 Å². The third-order valence-electron chi connectivity index (χ3n) is 4.76. The van der Waals surface area contributed by atoms with Gasteiger partial charge in [0.05, 0.1) is 12.0 Å². The number of aromatic hydroxyl groups is 1. The van der Waals surface area contributed by atoms with Crippen LogP contribution < -0.4 is 4.74 Å². The minimum Gasteiger partial charge on any atom is -0.507 e. The second-order valence-corrected chi connectivity index (χ2v) is 5.94. The Bertz CT molecular complexity index is 556. The van der Waals surface area contributed by atoms with Crippen LogP contribution in [0.1, 0.15) is 48.8 Å². The van der Waals surface area contributed by atoms with Crippen LogP contribution in [0, 0.1) is 6.92 Å². The topological polar surface area (TPSA) is 66.8 Å². The molecule has 2 aliphatic rings. The lowest BCUT2D eigenvalue weighted by atomic mass is 9.67. The molecule has 2 N–H and O–H groups in total. The Morgan fingerprint density at radius 3 is 2.65 bits per heavy atom. The summed E-state index contributed by atoms with van der Waals surface area (Å²) in [6.07, 6.45) is 4.76. The molecule has 1 aliphatic carbocycles. The molecule has 0 saturated heterocycles. The van der Waals surface area contributed by atoms with E-state index in [1.165, 1.54) is 0 Å². The highest BCUT2D eigenvalue weighted by Gasteiger charge is 2.46. The highest BCUT2D eigenvalue weighted by atomic mass is 16.5. The molecule has 4 nitrogen and oxygen atoms in total. The van der Waals surface area contributed by atoms with Gasteiger partial charge in [0.15, 0.2) is 0 Å². The van der Waals surface area contributed by atoms with E-state index in [-0.39, 0.29) is 5.75 Å². The van der Waals surface area contributed by atoms with Gasteiger partial charge in [-0.15, -0.1) is 0 Å². The fourth-order valence-electron chi connectivity index (χ4n) is 3.70. The van der Waals surface area contributed by atoms with Crippen molar-refractivity contribution in [2.75, 3.05) is 6.61 Å². The van der Waals surface area contributed by atoms with Gasteiger partial charge >= 0.3 is 5.97 Å². The van der Waals surface area contributed by atoms with Crippen LogP contribution in [0.3, 0.4) is 0 Å². The van der Waals surface area contributed by atoms with Crippen molar-refractivity contribution in [3.8, 4) is 11.5 Å². The molecule has 1 heterocycles. The Kier molecular flexibility index (Phi) is 3.11. The molecule has 0 aromatic heterocycles. The van der Waals surface area contributed by atoms with E-state index in [2.05, 4.69) is 0 Å². The number of aliphatic carboxylic acids is 1. The predicted octanol–water partition coefficient (Wildman–Crippen LogP) is 2.92. The summed E-state index contributed by atoms with van der Waals surface area (Å²) in [7, 11) is 0. The van der Waals surface area contributed by atoms with Crippen LogP contribution in [-0.2, 0) is 16.6 Å². The van der Waals surface area contributed by atoms with Crippen molar-refractivity contribution < 1.29 is 19.7 Å². The molecule has 20 heavy (non-hydrogen) atoms. The molecule has 0 unspecified atom stereocenters. The number of benzene rings is 1. The lowest BCUT2D eigenvalue weighted by molar-refractivity contribution is -0.145. The van der Waals surface area contributed by atoms with E-state index in [0.29, 0.717) is 37.0 Å². The molecule has 0 bridgehead atoms. The standard InChI is InChI=1S/C16H20O4/c1-10-9-12-11(5-8-20-12)13(14(10)17)16(15(18)19)6-3-2-4-7-16/h9,17H,2-8H2,1H3,(H,18,19). The minimum absolute atomic E-state index is 0.151. The number of rotatable bonds is 2.